The largest absolute Gasteiger partial charge is 0.497 e. The molecule has 1 fully saturated rings. The number of methoxy groups -OCH3 is 1. The molecular weight excluding hydrogens is 379 g/mol. The summed E-state index contributed by atoms with van der Waals surface area (Å²) in [7, 11) is 1.56. The van der Waals surface area contributed by atoms with Crippen LogP contribution >= 0.6 is 0 Å². The van der Waals surface area contributed by atoms with Gasteiger partial charge in [-0.05, 0) is 46.4 Å². The van der Waals surface area contributed by atoms with Gasteiger partial charge >= 0.3 is 17.2 Å². The van der Waals surface area contributed by atoms with Gasteiger partial charge in [0.05, 0.1) is 7.11 Å². The van der Waals surface area contributed by atoms with Gasteiger partial charge in [-0.3, -0.25) is 9.32 Å². The van der Waals surface area contributed by atoms with E-state index >= 15 is 0 Å². The van der Waals surface area contributed by atoms with E-state index in [0.29, 0.717) is 37.6 Å². The number of H-pyrrole nitrogens is 1. The highest BCUT2D eigenvalue weighted by Crippen LogP contribution is 2.17. The minimum Gasteiger partial charge on any atom is -0.497 e. The van der Waals surface area contributed by atoms with Gasteiger partial charge in [0, 0.05) is 44.0 Å². The molecule has 0 atom stereocenters. The summed E-state index contributed by atoms with van der Waals surface area (Å²) in [5.74, 6) is -0.0376. The van der Waals surface area contributed by atoms with E-state index < -0.39 is 11.5 Å². The summed E-state index contributed by atoms with van der Waals surface area (Å²) in [6.45, 7) is 2.03. The molecule has 29 heavy (non-hydrogen) atoms. The van der Waals surface area contributed by atoms with Crippen LogP contribution in [-0.2, 0) is 0 Å². The number of aromatic nitrogens is 2. The fourth-order valence-corrected chi connectivity index (χ4v) is 3.34. The smallest absolute Gasteiger partial charge is 0.441 e. The number of halogens is 1. The maximum atomic E-state index is 13.1. The monoisotopic (exact) mass is 399 g/mol. The maximum Gasteiger partial charge on any atom is 0.441 e. The van der Waals surface area contributed by atoms with Crippen LogP contribution in [0.3, 0.4) is 0 Å². The molecule has 2 heterocycles. The van der Waals surface area contributed by atoms with Crippen LogP contribution in [0.15, 0.2) is 57.8 Å². The molecular formula is C20H20FN4O4+. The Balaban J connectivity index is 1.51. The van der Waals surface area contributed by atoms with Gasteiger partial charge in [-0.15, -0.1) is 0 Å². The van der Waals surface area contributed by atoms with Crippen molar-refractivity contribution < 1.29 is 23.1 Å². The zero-order valence-electron chi connectivity index (χ0n) is 15.8. The highest BCUT2D eigenvalue weighted by molar-refractivity contribution is 5.90. The van der Waals surface area contributed by atoms with E-state index in [9.17, 15) is 14.0 Å². The van der Waals surface area contributed by atoms with E-state index in [-0.39, 0.29) is 11.5 Å². The molecule has 1 amide bonds. The van der Waals surface area contributed by atoms with E-state index in [1.165, 1.54) is 16.8 Å². The van der Waals surface area contributed by atoms with Crippen molar-refractivity contribution in [1.82, 2.24) is 10.2 Å². The lowest BCUT2D eigenvalue weighted by Gasteiger charge is -2.35. The van der Waals surface area contributed by atoms with Gasteiger partial charge in [-0.1, -0.05) is 0 Å². The summed E-state index contributed by atoms with van der Waals surface area (Å²) in [5, 5.41) is 2.48. The second-order valence-corrected chi connectivity index (χ2v) is 6.62. The Kier molecular flexibility index (Phi) is 5.03. The molecule has 0 saturated carbocycles. The fourth-order valence-electron chi connectivity index (χ4n) is 3.34. The van der Waals surface area contributed by atoms with Gasteiger partial charge < -0.3 is 14.5 Å². The average molecular weight is 399 g/mol. The van der Waals surface area contributed by atoms with Crippen molar-refractivity contribution in [1.29, 1.82) is 0 Å². The first-order valence-electron chi connectivity index (χ1n) is 9.14. The molecule has 0 radical (unpaired) electrons. The first-order valence-corrected chi connectivity index (χ1v) is 9.14. The molecule has 1 N–H and O–H groups in total. The van der Waals surface area contributed by atoms with Crippen molar-refractivity contribution in [2.24, 2.45) is 0 Å². The van der Waals surface area contributed by atoms with Gasteiger partial charge in [0.2, 0.25) is 5.69 Å². The highest BCUT2D eigenvalue weighted by atomic mass is 19.1. The van der Waals surface area contributed by atoms with Crippen molar-refractivity contribution in [3.63, 3.8) is 0 Å². The molecule has 1 aromatic heterocycles. The standard InChI is InChI=1S/C20H19FN4O4/c1-28-17-8-6-16(7-9-17)25-18(20(27)29-22-25)19(26)24-12-10-23(11-13-24)15-4-2-14(21)3-5-15/h2-9H,10-13H2,1H3/p+1. The predicted octanol–water partition coefficient (Wildman–Crippen LogP) is 1.35. The minimum atomic E-state index is -0.730. The topological polar surface area (TPSA) is 82.7 Å². The second kappa shape index (κ2) is 7.78. The van der Waals surface area contributed by atoms with Crippen molar-refractivity contribution >= 4 is 11.6 Å². The van der Waals surface area contributed by atoms with Crippen LogP contribution < -0.4 is 19.9 Å². The Bertz CT molecular complexity index is 1050. The predicted molar refractivity (Wildman–Crippen MR) is 102 cm³/mol. The summed E-state index contributed by atoms with van der Waals surface area (Å²) in [6.07, 6.45) is 0. The lowest BCUT2D eigenvalue weighted by atomic mass is 10.2. The Morgan fingerprint density at radius 1 is 1.07 bits per heavy atom. The van der Waals surface area contributed by atoms with Crippen LogP contribution in [0, 0.1) is 5.82 Å². The zero-order chi connectivity index (χ0) is 20.4. The number of benzene rings is 2. The number of hydrogen-bond acceptors (Lipinski definition) is 5. The summed E-state index contributed by atoms with van der Waals surface area (Å²) in [6, 6.07) is 13.1. The molecule has 1 aliphatic heterocycles. The first-order chi connectivity index (χ1) is 14.1. The van der Waals surface area contributed by atoms with E-state index in [1.807, 2.05) is 0 Å². The van der Waals surface area contributed by atoms with Crippen molar-refractivity contribution in [3.8, 4) is 11.4 Å². The maximum absolute atomic E-state index is 13.1. The Morgan fingerprint density at radius 3 is 2.34 bits per heavy atom. The molecule has 0 aliphatic carbocycles. The number of nitrogens with zero attached hydrogens (tertiary/aromatic N) is 3. The fraction of sp³-hybridized carbons (Fsp3) is 0.250. The number of aromatic amines is 1. The van der Waals surface area contributed by atoms with Gasteiger partial charge in [0.15, 0.2) is 0 Å². The molecule has 4 rings (SSSR count). The molecule has 2 aromatic carbocycles. The number of carbonyl (C=O) groups excluding carboxylic acids is 1. The van der Waals surface area contributed by atoms with Gasteiger partial charge in [-0.2, -0.15) is 0 Å². The molecule has 1 saturated heterocycles. The molecule has 9 heteroatoms. The Labute approximate surface area is 165 Å². The molecule has 150 valence electrons. The van der Waals surface area contributed by atoms with Crippen molar-refractivity contribution in [3.05, 3.63) is 70.5 Å². The third-order valence-corrected chi connectivity index (χ3v) is 4.94. The SMILES string of the molecule is COc1ccc(-[n+]2[nH]oc(=O)c2C(=O)N2CCN(c3ccc(F)cc3)CC2)cc1. The number of amides is 1. The summed E-state index contributed by atoms with van der Waals surface area (Å²) >= 11 is 0. The summed E-state index contributed by atoms with van der Waals surface area (Å²) in [4.78, 5) is 28.9. The van der Waals surface area contributed by atoms with Gasteiger partial charge in [0.1, 0.15) is 11.6 Å². The molecule has 8 nitrogen and oxygen atoms in total. The van der Waals surface area contributed by atoms with Crippen LogP contribution in [0.2, 0.25) is 0 Å². The quantitative estimate of drug-likeness (QED) is 0.670. The number of carbonyl (C=O) groups is 1. The van der Waals surface area contributed by atoms with Crippen LogP contribution in [0.25, 0.3) is 5.69 Å². The lowest BCUT2D eigenvalue weighted by molar-refractivity contribution is -0.672. The molecule has 1 aliphatic rings. The van der Waals surface area contributed by atoms with Crippen LogP contribution in [-0.4, -0.2) is 49.4 Å². The van der Waals surface area contributed by atoms with Crippen molar-refractivity contribution in [2.45, 2.75) is 0 Å². The average Bonchev–Trinajstić information content (AvgIpc) is 3.15. The zero-order valence-corrected chi connectivity index (χ0v) is 15.8. The highest BCUT2D eigenvalue weighted by Gasteiger charge is 2.35. The molecule has 0 unspecified atom stereocenters. The van der Waals surface area contributed by atoms with Crippen molar-refractivity contribution in [2.75, 3.05) is 38.2 Å². The number of rotatable bonds is 4. The summed E-state index contributed by atoms with van der Waals surface area (Å²) < 4.78 is 24.5. The van der Waals surface area contributed by atoms with E-state index in [0.717, 1.165) is 5.69 Å². The number of ether oxygens (including phenoxy) is 1. The lowest BCUT2D eigenvalue weighted by Crippen LogP contribution is -2.53. The van der Waals surface area contributed by atoms with E-state index in [2.05, 4.69) is 10.2 Å². The molecule has 0 spiro atoms. The second-order valence-electron chi connectivity index (χ2n) is 6.62. The van der Waals surface area contributed by atoms with Gasteiger partial charge in [0.25, 0.3) is 0 Å². The van der Waals surface area contributed by atoms with Gasteiger partial charge in [-0.25, -0.2) is 9.18 Å². The minimum absolute atomic E-state index is 0.0922. The normalized spacial score (nSPS) is 14.1. The molecule has 3 aromatic rings. The summed E-state index contributed by atoms with van der Waals surface area (Å²) in [5.41, 5.74) is 0.648. The van der Waals surface area contributed by atoms with Crippen LogP contribution in [0.4, 0.5) is 10.1 Å². The third-order valence-electron chi connectivity index (χ3n) is 4.94. The van der Waals surface area contributed by atoms with E-state index in [1.54, 1.807) is 48.4 Å². The van der Waals surface area contributed by atoms with E-state index in [4.69, 9.17) is 9.26 Å². The van der Waals surface area contributed by atoms with Crippen LogP contribution in [0.1, 0.15) is 10.5 Å². The first kappa shape index (κ1) is 18.7. The van der Waals surface area contributed by atoms with Crippen LogP contribution in [0.5, 0.6) is 5.75 Å². The third kappa shape index (κ3) is 3.71. The molecule has 0 bridgehead atoms. The Morgan fingerprint density at radius 2 is 1.72 bits per heavy atom. The number of hydrogen-bond donors (Lipinski definition) is 1. The number of nitrogens with one attached hydrogen (secondary N) is 1. The number of piperazine rings is 1. The number of anilines is 1. The Hall–Kier alpha value is -3.62.